The summed E-state index contributed by atoms with van der Waals surface area (Å²) in [6.45, 7) is 1.45. The lowest BCUT2D eigenvalue weighted by Gasteiger charge is -2.33. The van der Waals surface area contributed by atoms with Gasteiger partial charge in [0.15, 0.2) is 0 Å². The molecule has 1 aliphatic heterocycles. The van der Waals surface area contributed by atoms with Gasteiger partial charge in [-0.05, 0) is 49.7 Å². The van der Waals surface area contributed by atoms with Crippen molar-refractivity contribution in [2.45, 2.75) is 50.8 Å². The van der Waals surface area contributed by atoms with Crippen LogP contribution in [0, 0.1) is 5.92 Å². The molecule has 1 fully saturated rings. The fourth-order valence-electron chi connectivity index (χ4n) is 3.53. The Morgan fingerprint density at radius 2 is 2.12 bits per heavy atom. The van der Waals surface area contributed by atoms with E-state index in [-0.39, 0.29) is 24.9 Å². The van der Waals surface area contributed by atoms with Crippen LogP contribution in [-0.4, -0.2) is 61.5 Å². The van der Waals surface area contributed by atoms with Crippen LogP contribution in [0.5, 0.6) is 0 Å². The van der Waals surface area contributed by atoms with E-state index in [9.17, 15) is 27.9 Å². The Morgan fingerprint density at radius 1 is 1.34 bits per heavy atom. The maximum Gasteiger partial charge on any atom is 0.416 e. The normalized spacial score (nSPS) is 18.0. The van der Waals surface area contributed by atoms with E-state index in [0.29, 0.717) is 50.9 Å². The van der Waals surface area contributed by atoms with Crippen molar-refractivity contribution in [3.63, 3.8) is 0 Å². The van der Waals surface area contributed by atoms with Crippen molar-refractivity contribution in [1.29, 1.82) is 0 Å². The van der Waals surface area contributed by atoms with Crippen LogP contribution in [0.25, 0.3) is 0 Å². The molecular weight excluding hydrogens is 429 g/mol. The number of aliphatic hydroxyl groups is 1. The van der Waals surface area contributed by atoms with Crippen molar-refractivity contribution in [2.75, 3.05) is 33.4 Å². The van der Waals surface area contributed by atoms with Crippen molar-refractivity contribution < 1.29 is 37.3 Å². The van der Waals surface area contributed by atoms with Crippen LogP contribution >= 0.6 is 0 Å². The number of rotatable bonds is 12. The Balaban J connectivity index is 1.64. The Bertz CT molecular complexity index is 745. The summed E-state index contributed by atoms with van der Waals surface area (Å²) < 4.78 is 48.1. The molecule has 0 aromatic heterocycles. The molecule has 1 aromatic rings. The SMILES string of the molecule is COC(=O)COCCCCN1NCC(CCC(O)Cc2cccc(C(F)(F)F)c2)CC1=O. The summed E-state index contributed by atoms with van der Waals surface area (Å²) in [5.74, 6) is -0.383. The molecule has 10 heteroatoms. The number of nitrogens with one attached hydrogen (secondary N) is 1. The quantitative estimate of drug-likeness (QED) is 0.368. The van der Waals surface area contributed by atoms with Gasteiger partial charge in [0, 0.05) is 26.1 Å². The van der Waals surface area contributed by atoms with Gasteiger partial charge in [-0.15, -0.1) is 0 Å². The van der Waals surface area contributed by atoms with Crippen molar-refractivity contribution in [1.82, 2.24) is 10.4 Å². The molecule has 2 unspecified atom stereocenters. The third kappa shape index (κ3) is 9.13. The number of alkyl halides is 3. The number of carbonyl (C=O) groups is 2. The minimum atomic E-state index is -4.41. The first-order chi connectivity index (χ1) is 15.2. The van der Waals surface area contributed by atoms with E-state index in [1.54, 1.807) is 11.1 Å². The molecule has 32 heavy (non-hydrogen) atoms. The number of amides is 1. The van der Waals surface area contributed by atoms with Crippen LogP contribution in [0.1, 0.15) is 43.2 Å². The molecular formula is C22H31F3N2O5. The molecule has 2 atom stereocenters. The minimum absolute atomic E-state index is 0.0240. The predicted octanol–water partition coefficient (Wildman–Crippen LogP) is 2.71. The summed E-state index contributed by atoms with van der Waals surface area (Å²) in [5.41, 5.74) is 2.81. The van der Waals surface area contributed by atoms with E-state index in [4.69, 9.17) is 4.74 Å². The fourth-order valence-corrected chi connectivity index (χ4v) is 3.53. The predicted molar refractivity (Wildman–Crippen MR) is 110 cm³/mol. The Morgan fingerprint density at radius 3 is 2.81 bits per heavy atom. The van der Waals surface area contributed by atoms with Gasteiger partial charge in [-0.2, -0.15) is 13.2 Å². The third-order valence-electron chi connectivity index (χ3n) is 5.34. The van der Waals surface area contributed by atoms with E-state index in [2.05, 4.69) is 10.2 Å². The van der Waals surface area contributed by atoms with Gasteiger partial charge in [-0.25, -0.2) is 10.2 Å². The summed E-state index contributed by atoms with van der Waals surface area (Å²) in [7, 11) is 1.30. The number of carbonyl (C=O) groups excluding carboxylic acids is 2. The largest absolute Gasteiger partial charge is 0.467 e. The maximum absolute atomic E-state index is 12.8. The van der Waals surface area contributed by atoms with Crippen LogP contribution in [0.4, 0.5) is 13.2 Å². The smallest absolute Gasteiger partial charge is 0.416 e. The zero-order valence-electron chi connectivity index (χ0n) is 18.2. The van der Waals surface area contributed by atoms with E-state index in [1.807, 2.05) is 0 Å². The number of methoxy groups -OCH3 is 1. The zero-order chi connectivity index (χ0) is 23.6. The lowest BCUT2D eigenvalue weighted by Crippen LogP contribution is -2.51. The summed E-state index contributed by atoms with van der Waals surface area (Å²) in [6.07, 6.45) is -2.23. The highest BCUT2D eigenvalue weighted by molar-refractivity contribution is 5.76. The first kappa shape index (κ1) is 26.1. The Hall–Kier alpha value is -2.17. The van der Waals surface area contributed by atoms with Crippen LogP contribution in [0.3, 0.4) is 0 Å². The molecule has 1 saturated heterocycles. The van der Waals surface area contributed by atoms with E-state index in [0.717, 1.165) is 18.6 Å². The van der Waals surface area contributed by atoms with Gasteiger partial charge in [-0.3, -0.25) is 9.80 Å². The van der Waals surface area contributed by atoms with Crippen LogP contribution in [0.15, 0.2) is 24.3 Å². The number of hydrogen-bond acceptors (Lipinski definition) is 6. The first-order valence-electron chi connectivity index (χ1n) is 10.7. The molecule has 0 saturated carbocycles. The standard InChI is InChI=1S/C22H31F3N2O5/c1-31-21(30)15-32-10-3-2-9-27-20(29)13-17(14-26-27)7-8-19(28)12-16-5-4-6-18(11-16)22(23,24)25/h4-6,11,17,19,26,28H,2-3,7-10,12-15H2,1H3. The summed E-state index contributed by atoms with van der Waals surface area (Å²) in [6, 6.07) is 4.99. The highest BCUT2D eigenvalue weighted by Gasteiger charge is 2.30. The third-order valence-corrected chi connectivity index (χ3v) is 5.34. The number of halogens is 3. The molecule has 0 aliphatic carbocycles. The Kier molecular flexibility index (Phi) is 10.4. The number of ether oxygens (including phenoxy) is 2. The van der Waals surface area contributed by atoms with Gasteiger partial charge >= 0.3 is 12.1 Å². The zero-order valence-corrected chi connectivity index (χ0v) is 18.2. The number of hydrogen-bond donors (Lipinski definition) is 2. The number of unbranched alkanes of at least 4 members (excludes halogenated alkanes) is 1. The monoisotopic (exact) mass is 460 g/mol. The van der Waals surface area contributed by atoms with Crippen molar-refractivity contribution in [3.05, 3.63) is 35.4 Å². The fraction of sp³-hybridized carbons (Fsp3) is 0.636. The highest BCUT2D eigenvalue weighted by Crippen LogP contribution is 2.30. The van der Waals surface area contributed by atoms with Gasteiger partial charge in [-0.1, -0.05) is 18.2 Å². The molecule has 2 N–H and O–H groups in total. The van der Waals surface area contributed by atoms with Crippen molar-refractivity contribution in [3.8, 4) is 0 Å². The first-order valence-corrected chi connectivity index (χ1v) is 10.7. The molecule has 0 spiro atoms. The summed E-state index contributed by atoms with van der Waals surface area (Å²) in [5, 5.41) is 11.8. The van der Waals surface area contributed by atoms with Gasteiger partial charge in [0.1, 0.15) is 6.61 Å². The lowest BCUT2D eigenvalue weighted by molar-refractivity contribution is -0.146. The molecule has 1 amide bonds. The van der Waals surface area contributed by atoms with Crippen LogP contribution < -0.4 is 5.43 Å². The molecule has 0 radical (unpaired) electrons. The second kappa shape index (κ2) is 12.8. The molecule has 0 bridgehead atoms. The average molecular weight is 460 g/mol. The second-order valence-corrected chi connectivity index (χ2v) is 7.95. The Labute approximate surface area is 185 Å². The minimum Gasteiger partial charge on any atom is -0.467 e. The summed E-state index contributed by atoms with van der Waals surface area (Å²) >= 11 is 0. The molecule has 2 rings (SSSR count). The van der Waals surface area contributed by atoms with Gasteiger partial charge in [0.25, 0.3) is 0 Å². The van der Waals surface area contributed by atoms with Crippen molar-refractivity contribution in [2.24, 2.45) is 5.92 Å². The van der Waals surface area contributed by atoms with Gasteiger partial charge in [0.2, 0.25) is 5.91 Å². The average Bonchev–Trinajstić information content (AvgIpc) is 2.75. The number of hydrazine groups is 1. The lowest BCUT2D eigenvalue weighted by atomic mass is 9.93. The number of esters is 1. The van der Waals surface area contributed by atoms with E-state index >= 15 is 0 Å². The van der Waals surface area contributed by atoms with E-state index in [1.165, 1.54) is 13.2 Å². The molecule has 1 aliphatic rings. The van der Waals surface area contributed by atoms with Crippen LogP contribution in [0.2, 0.25) is 0 Å². The second-order valence-electron chi connectivity index (χ2n) is 7.95. The van der Waals surface area contributed by atoms with E-state index < -0.39 is 23.8 Å². The number of aliphatic hydroxyl groups excluding tert-OH is 1. The topological polar surface area (TPSA) is 88.1 Å². The van der Waals surface area contributed by atoms with Gasteiger partial charge in [0.05, 0.1) is 18.8 Å². The number of nitrogens with zero attached hydrogens (tertiary/aromatic N) is 1. The summed E-state index contributed by atoms with van der Waals surface area (Å²) in [4.78, 5) is 23.3. The molecule has 7 nitrogen and oxygen atoms in total. The van der Waals surface area contributed by atoms with Gasteiger partial charge < -0.3 is 14.6 Å². The van der Waals surface area contributed by atoms with Crippen LogP contribution in [-0.2, 0) is 31.7 Å². The molecule has 1 aromatic carbocycles. The van der Waals surface area contributed by atoms with Crippen molar-refractivity contribution >= 4 is 11.9 Å². The maximum atomic E-state index is 12.8. The number of benzene rings is 1. The molecule has 180 valence electrons. The molecule has 1 heterocycles. The highest BCUT2D eigenvalue weighted by atomic mass is 19.4.